The van der Waals surface area contributed by atoms with Crippen molar-refractivity contribution in [2.24, 2.45) is 11.7 Å². The van der Waals surface area contributed by atoms with Gasteiger partial charge < -0.3 is 16.4 Å². The molecule has 2 unspecified atom stereocenters. The second-order valence-electron chi connectivity index (χ2n) is 6.42. The first-order valence-corrected chi connectivity index (χ1v) is 7.09. The number of carbonyl (C=O) groups excluding carboxylic acids is 2. The highest BCUT2D eigenvalue weighted by molar-refractivity contribution is 5.96. The van der Waals surface area contributed by atoms with Gasteiger partial charge in [-0.1, -0.05) is 6.92 Å². The number of halogens is 1. The Bertz CT molecular complexity index is 507. The quantitative estimate of drug-likeness (QED) is 0.794. The zero-order valence-corrected chi connectivity index (χ0v) is 14.6. The second-order valence-corrected chi connectivity index (χ2v) is 6.42. The lowest BCUT2D eigenvalue weighted by molar-refractivity contribution is -0.119. The zero-order chi connectivity index (χ0) is 16.2. The van der Waals surface area contributed by atoms with Crippen molar-refractivity contribution >= 4 is 29.9 Å². The lowest BCUT2D eigenvalue weighted by atomic mass is 10.0. The molecule has 0 aromatic heterocycles. The SMILES string of the molecule is CC(N)C(C)C(=O)Nc1ccc(C(=O)NC(C)(C)C)cc1.Cl. The molecule has 0 bridgehead atoms. The van der Waals surface area contributed by atoms with Crippen LogP contribution < -0.4 is 16.4 Å². The minimum atomic E-state index is -0.281. The molecule has 4 N–H and O–H groups in total. The van der Waals surface area contributed by atoms with E-state index in [0.29, 0.717) is 11.3 Å². The summed E-state index contributed by atoms with van der Waals surface area (Å²) in [5.74, 6) is -0.532. The lowest BCUT2D eigenvalue weighted by Gasteiger charge is -2.20. The van der Waals surface area contributed by atoms with E-state index in [1.165, 1.54) is 0 Å². The standard InChI is InChI=1S/C16H25N3O2.ClH/c1-10(11(2)17)14(20)18-13-8-6-12(7-9-13)15(21)19-16(3,4)5;/h6-11H,17H2,1-5H3,(H,18,20)(H,19,21);1H. The molecule has 6 heteroatoms. The molecule has 0 aliphatic heterocycles. The number of hydrogen-bond donors (Lipinski definition) is 3. The van der Waals surface area contributed by atoms with Crippen molar-refractivity contribution in [3.8, 4) is 0 Å². The first kappa shape index (κ1) is 20.4. The van der Waals surface area contributed by atoms with E-state index in [4.69, 9.17) is 5.73 Å². The number of anilines is 1. The Kier molecular flexibility index (Phi) is 7.56. The van der Waals surface area contributed by atoms with E-state index in [2.05, 4.69) is 10.6 Å². The molecule has 0 aliphatic rings. The van der Waals surface area contributed by atoms with Crippen LogP contribution in [0.25, 0.3) is 0 Å². The summed E-state index contributed by atoms with van der Waals surface area (Å²) < 4.78 is 0. The third kappa shape index (κ3) is 6.45. The third-order valence-electron chi connectivity index (χ3n) is 3.11. The van der Waals surface area contributed by atoms with Crippen molar-refractivity contribution in [2.75, 3.05) is 5.32 Å². The fourth-order valence-corrected chi connectivity index (χ4v) is 1.61. The number of nitrogens with one attached hydrogen (secondary N) is 2. The molecule has 0 spiro atoms. The van der Waals surface area contributed by atoms with Crippen molar-refractivity contribution in [3.05, 3.63) is 29.8 Å². The van der Waals surface area contributed by atoms with Gasteiger partial charge in [-0.3, -0.25) is 9.59 Å². The number of benzene rings is 1. The first-order chi connectivity index (χ1) is 9.60. The summed E-state index contributed by atoms with van der Waals surface area (Å²) in [5.41, 5.74) is 6.63. The van der Waals surface area contributed by atoms with Crippen molar-refractivity contribution in [2.45, 2.75) is 46.2 Å². The van der Waals surface area contributed by atoms with Crippen LogP contribution in [0.3, 0.4) is 0 Å². The number of carbonyl (C=O) groups is 2. The van der Waals surface area contributed by atoms with Gasteiger partial charge in [0.1, 0.15) is 0 Å². The monoisotopic (exact) mass is 327 g/mol. The highest BCUT2D eigenvalue weighted by Crippen LogP contribution is 2.13. The molecule has 2 amide bonds. The Morgan fingerprint density at radius 2 is 1.59 bits per heavy atom. The van der Waals surface area contributed by atoms with Crippen LogP contribution in [0.2, 0.25) is 0 Å². The summed E-state index contributed by atoms with van der Waals surface area (Å²) in [6.07, 6.45) is 0. The summed E-state index contributed by atoms with van der Waals surface area (Å²) in [6, 6.07) is 6.59. The highest BCUT2D eigenvalue weighted by Gasteiger charge is 2.18. The molecule has 0 heterocycles. The summed E-state index contributed by atoms with van der Waals surface area (Å²) in [6.45, 7) is 9.36. The van der Waals surface area contributed by atoms with Gasteiger partial charge in [-0.25, -0.2) is 0 Å². The van der Waals surface area contributed by atoms with Gasteiger partial charge in [-0.05, 0) is 52.0 Å². The summed E-state index contributed by atoms with van der Waals surface area (Å²) in [7, 11) is 0. The molecule has 0 saturated carbocycles. The van der Waals surface area contributed by atoms with Crippen molar-refractivity contribution in [1.82, 2.24) is 5.32 Å². The van der Waals surface area contributed by atoms with E-state index in [9.17, 15) is 9.59 Å². The van der Waals surface area contributed by atoms with E-state index in [0.717, 1.165) is 0 Å². The molecule has 2 atom stereocenters. The van der Waals surface area contributed by atoms with Crippen LogP contribution in [0.15, 0.2) is 24.3 Å². The summed E-state index contributed by atoms with van der Waals surface area (Å²) >= 11 is 0. The van der Waals surface area contributed by atoms with E-state index < -0.39 is 0 Å². The molecule has 0 radical (unpaired) electrons. The fourth-order valence-electron chi connectivity index (χ4n) is 1.61. The van der Waals surface area contributed by atoms with E-state index in [-0.39, 0.29) is 41.7 Å². The minimum Gasteiger partial charge on any atom is -0.347 e. The Labute approximate surface area is 138 Å². The number of rotatable bonds is 4. The van der Waals surface area contributed by atoms with Crippen LogP contribution in [0.1, 0.15) is 45.0 Å². The maximum absolute atomic E-state index is 12.0. The van der Waals surface area contributed by atoms with E-state index in [1.54, 1.807) is 38.1 Å². The molecule has 124 valence electrons. The Balaban J connectivity index is 0.00000441. The van der Waals surface area contributed by atoms with Crippen LogP contribution in [-0.4, -0.2) is 23.4 Å². The third-order valence-corrected chi connectivity index (χ3v) is 3.11. The van der Waals surface area contributed by atoms with Gasteiger partial charge in [0.25, 0.3) is 5.91 Å². The fraction of sp³-hybridized carbons (Fsp3) is 0.500. The Morgan fingerprint density at radius 1 is 1.09 bits per heavy atom. The van der Waals surface area contributed by atoms with Crippen LogP contribution >= 0.6 is 12.4 Å². The number of amides is 2. The maximum atomic E-state index is 12.0. The molecular formula is C16H26ClN3O2. The lowest BCUT2D eigenvalue weighted by Crippen LogP contribution is -2.40. The molecule has 1 aromatic rings. The average Bonchev–Trinajstić information content (AvgIpc) is 2.36. The minimum absolute atomic E-state index is 0. The van der Waals surface area contributed by atoms with Crippen LogP contribution in [0.5, 0.6) is 0 Å². The van der Waals surface area contributed by atoms with Gasteiger partial charge in [0.2, 0.25) is 5.91 Å². The van der Waals surface area contributed by atoms with Crippen LogP contribution in [-0.2, 0) is 4.79 Å². The van der Waals surface area contributed by atoms with Gasteiger partial charge in [-0.2, -0.15) is 0 Å². The molecule has 1 aromatic carbocycles. The molecule has 22 heavy (non-hydrogen) atoms. The summed E-state index contributed by atoms with van der Waals surface area (Å²) in [4.78, 5) is 23.9. The number of nitrogens with two attached hydrogens (primary N) is 1. The van der Waals surface area contributed by atoms with Gasteiger partial charge in [0.05, 0.1) is 5.92 Å². The second kappa shape index (κ2) is 8.15. The maximum Gasteiger partial charge on any atom is 0.251 e. The molecule has 1 rings (SSSR count). The van der Waals surface area contributed by atoms with Crippen molar-refractivity contribution in [3.63, 3.8) is 0 Å². The van der Waals surface area contributed by atoms with Crippen molar-refractivity contribution in [1.29, 1.82) is 0 Å². The van der Waals surface area contributed by atoms with Gasteiger partial charge in [0, 0.05) is 22.8 Å². The van der Waals surface area contributed by atoms with Gasteiger partial charge in [0.15, 0.2) is 0 Å². The first-order valence-electron chi connectivity index (χ1n) is 7.09. The van der Waals surface area contributed by atoms with Crippen LogP contribution in [0.4, 0.5) is 5.69 Å². The smallest absolute Gasteiger partial charge is 0.251 e. The molecule has 0 saturated heterocycles. The molecule has 5 nitrogen and oxygen atoms in total. The molecular weight excluding hydrogens is 302 g/mol. The predicted molar refractivity (Wildman–Crippen MR) is 92.4 cm³/mol. The highest BCUT2D eigenvalue weighted by atomic mass is 35.5. The average molecular weight is 328 g/mol. The Morgan fingerprint density at radius 3 is 2.00 bits per heavy atom. The molecule has 0 fully saturated rings. The topological polar surface area (TPSA) is 84.2 Å². The predicted octanol–water partition coefficient (Wildman–Crippen LogP) is 2.56. The normalized spacial score (nSPS) is 13.5. The van der Waals surface area contributed by atoms with Crippen molar-refractivity contribution < 1.29 is 9.59 Å². The van der Waals surface area contributed by atoms with E-state index in [1.807, 2.05) is 20.8 Å². The van der Waals surface area contributed by atoms with Crippen LogP contribution in [0, 0.1) is 5.92 Å². The zero-order valence-electron chi connectivity index (χ0n) is 13.8. The summed E-state index contributed by atoms with van der Waals surface area (Å²) in [5, 5.41) is 5.67. The largest absolute Gasteiger partial charge is 0.347 e. The van der Waals surface area contributed by atoms with E-state index >= 15 is 0 Å². The Hall–Kier alpha value is -1.59. The van der Waals surface area contributed by atoms with Gasteiger partial charge >= 0.3 is 0 Å². The number of hydrogen-bond acceptors (Lipinski definition) is 3. The van der Waals surface area contributed by atoms with Gasteiger partial charge in [-0.15, -0.1) is 12.4 Å². The molecule has 0 aliphatic carbocycles.